The molecule has 1 rings (SSSR count). The van der Waals surface area contributed by atoms with Gasteiger partial charge in [-0.1, -0.05) is 6.08 Å². The van der Waals surface area contributed by atoms with Gasteiger partial charge in [0.25, 0.3) is 0 Å². The molecule has 0 spiro atoms. The van der Waals surface area contributed by atoms with Crippen LogP contribution in [0.4, 0.5) is 0 Å². The average Bonchev–Trinajstić information content (AvgIpc) is 2.41. The van der Waals surface area contributed by atoms with E-state index in [0.717, 1.165) is 32.2 Å². The summed E-state index contributed by atoms with van der Waals surface area (Å²) in [5.41, 5.74) is 0. The Hall–Kier alpha value is -0.340. The summed E-state index contributed by atoms with van der Waals surface area (Å²) in [5.74, 6) is 0.736. The highest BCUT2D eigenvalue weighted by Crippen LogP contribution is 2.10. The molecule has 0 aliphatic carbocycles. The second-order valence-electron chi connectivity index (χ2n) is 2.68. The van der Waals surface area contributed by atoms with Crippen LogP contribution in [0.3, 0.4) is 0 Å². The second-order valence-corrected chi connectivity index (χ2v) is 2.68. The minimum Gasteiger partial charge on any atom is -0.381 e. The van der Waals surface area contributed by atoms with Gasteiger partial charge in [0, 0.05) is 19.7 Å². The third-order valence-electron chi connectivity index (χ3n) is 1.75. The number of nitrogens with one attached hydrogen (secondary N) is 1. The van der Waals surface area contributed by atoms with Crippen LogP contribution in [0.5, 0.6) is 0 Å². The van der Waals surface area contributed by atoms with Crippen molar-refractivity contribution in [1.29, 1.82) is 0 Å². The van der Waals surface area contributed by atoms with Crippen molar-refractivity contribution in [3.05, 3.63) is 12.7 Å². The number of hydrogen-bond acceptors (Lipinski definition) is 2. The van der Waals surface area contributed by atoms with Crippen molar-refractivity contribution in [1.82, 2.24) is 5.32 Å². The van der Waals surface area contributed by atoms with Gasteiger partial charge >= 0.3 is 0 Å². The zero-order valence-electron chi connectivity index (χ0n) is 6.31. The first-order valence-electron chi connectivity index (χ1n) is 3.83. The molecule has 1 aliphatic heterocycles. The Morgan fingerprint density at radius 3 is 3.20 bits per heavy atom. The molecule has 0 unspecified atom stereocenters. The molecule has 0 aromatic carbocycles. The van der Waals surface area contributed by atoms with Gasteiger partial charge in [0.1, 0.15) is 0 Å². The molecule has 1 heterocycles. The molecule has 10 heavy (non-hydrogen) atoms. The Morgan fingerprint density at radius 1 is 1.70 bits per heavy atom. The third-order valence-corrected chi connectivity index (χ3v) is 1.75. The predicted molar refractivity (Wildman–Crippen MR) is 42.0 cm³/mol. The van der Waals surface area contributed by atoms with Gasteiger partial charge in [0.2, 0.25) is 0 Å². The first-order valence-corrected chi connectivity index (χ1v) is 3.83. The van der Waals surface area contributed by atoms with Crippen LogP contribution in [-0.2, 0) is 4.74 Å². The molecular weight excluding hydrogens is 126 g/mol. The molecule has 1 saturated heterocycles. The summed E-state index contributed by atoms with van der Waals surface area (Å²) < 4.78 is 5.22. The number of ether oxygens (including phenoxy) is 1. The smallest absolute Gasteiger partial charge is 0.0507 e. The Labute approximate surface area is 62.3 Å². The molecule has 0 radical (unpaired) electrons. The van der Waals surface area contributed by atoms with Crippen LogP contribution in [0.2, 0.25) is 0 Å². The van der Waals surface area contributed by atoms with Gasteiger partial charge in [-0.2, -0.15) is 0 Å². The van der Waals surface area contributed by atoms with Crippen molar-refractivity contribution in [3.8, 4) is 0 Å². The fourth-order valence-corrected chi connectivity index (χ4v) is 1.13. The van der Waals surface area contributed by atoms with Crippen LogP contribution in [0.1, 0.15) is 6.42 Å². The van der Waals surface area contributed by atoms with Crippen molar-refractivity contribution >= 4 is 0 Å². The van der Waals surface area contributed by atoms with Crippen molar-refractivity contribution in [2.45, 2.75) is 6.42 Å². The highest BCUT2D eigenvalue weighted by Gasteiger charge is 2.13. The van der Waals surface area contributed by atoms with E-state index in [9.17, 15) is 0 Å². The summed E-state index contributed by atoms with van der Waals surface area (Å²) in [6.07, 6.45) is 3.10. The van der Waals surface area contributed by atoms with E-state index < -0.39 is 0 Å². The van der Waals surface area contributed by atoms with Crippen LogP contribution < -0.4 is 5.32 Å². The largest absolute Gasteiger partial charge is 0.381 e. The molecule has 0 aromatic heterocycles. The molecule has 2 nitrogen and oxygen atoms in total. The molecule has 0 bridgehead atoms. The lowest BCUT2D eigenvalue weighted by molar-refractivity contribution is 0.185. The Morgan fingerprint density at radius 2 is 2.60 bits per heavy atom. The fourth-order valence-electron chi connectivity index (χ4n) is 1.13. The maximum absolute atomic E-state index is 5.22. The van der Waals surface area contributed by atoms with Crippen molar-refractivity contribution in [3.63, 3.8) is 0 Å². The second kappa shape index (κ2) is 4.47. The van der Waals surface area contributed by atoms with Crippen molar-refractivity contribution < 1.29 is 4.74 Å². The topological polar surface area (TPSA) is 21.3 Å². The van der Waals surface area contributed by atoms with Crippen LogP contribution in [0.15, 0.2) is 12.7 Å². The Bertz CT molecular complexity index is 97.4. The minimum atomic E-state index is 0.736. The highest BCUT2D eigenvalue weighted by molar-refractivity contribution is 4.73. The van der Waals surface area contributed by atoms with Gasteiger partial charge in [-0.05, 0) is 12.3 Å². The van der Waals surface area contributed by atoms with Gasteiger partial charge in [0.15, 0.2) is 0 Å². The Balaban J connectivity index is 1.96. The summed E-state index contributed by atoms with van der Waals surface area (Å²) in [7, 11) is 0. The third kappa shape index (κ3) is 2.50. The van der Waals surface area contributed by atoms with E-state index in [-0.39, 0.29) is 0 Å². The SMILES string of the molecule is C=CCNC[C@@H]1CCOC1. The van der Waals surface area contributed by atoms with Crippen molar-refractivity contribution in [2.75, 3.05) is 26.3 Å². The first-order chi connectivity index (χ1) is 4.93. The highest BCUT2D eigenvalue weighted by atomic mass is 16.5. The summed E-state index contributed by atoms with van der Waals surface area (Å²) in [6, 6.07) is 0. The van der Waals surface area contributed by atoms with Gasteiger partial charge < -0.3 is 10.1 Å². The van der Waals surface area contributed by atoms with Gasteiger partial charge in [0.05, 0.1) is 6.61 Å². The van der Waals surface area contributed by atoms with E-state index in [2.05, 4.69) is 11.9 Å². The van der Waals surface area contributed by atoms with Gasteiger partial charge in [-0.25, -0.2) is 0 Å². The van der Waals surface area contributed by atoms with Gasteiger partial charge in [-0.15, -0.1) is 6.58 Å². The molecule has 0 saturated carbocycles. The van der Waals surface area contributed by atoms with Crippen molar-refractivity contribution in [2.24, 2.45) is 5.92 Å². The monoisotopic (exact) mass is 141 g/mol. The molecule has 0 aromatic rings. The van der Waals surface area contributed by atoms with E-state index in [1.807, 2.05) is 6.08 Å². The molecular formula is C8H15NO. The molecule has 0 amide bonds. The van der Waals surface area contributed by atoms with Crippen LogP contribution >= 0.6 is 0 Å². The summed E-state index contributed by atoms with van der Waals surface area (Å²) in [6.45, 7) is 7.50. The van der Waals surface area contributed by atoms with E-state index >= 15 is 0 Å². The molecule has 1 fully saturated rings. The molecule has 1 aliphatic rings. The number of hydrogen-bond donors (Lipinski definition) is 1. The summed E-state index contributed by atoms with van der Waals surface area (Å²) >= 11 is 0. The van der Waals surface area contributed by atoms with E-state index in [0.29, 0.717) is 0 Å². The molecule has 2 heteroatoms. The van der Waals surface area contributed by atoms with E-state index in [1.54, 1.807) is 0 Å². The maximum atomic E-state index is 5.22. The lowest BCUT2D eigenvalue weighted by Gasteiger charge is -2.06. The molecule has 58 valence electrons. The standard InChI is InChI=1S/C8H15NO/c1-2-4-9-6-8-3-5-10-7-8/h2,8-9H,1,3-7H2/t8-/m0/s1. The lowest BCUT2D eigenvalue weighted by atomic mass is 10.1. The zero-order chi connectivity index (χ0) is 7.23. The first kappa shape index (κ1) is 7.76. The predicted octanol–water partition coefficient (Wildman–Crippen LogP) is 0.798. The fraction of sp³-hybridized carbons (Fsp3) is 0.750. The summed E-state index contributed by atoms with van der Waals surface area (Å²) in [4.78, 5) is 0. The minimum absolute atomic E-state index is 0.736. The van der Waals surface area contributed by atoms with E-state index in [4.69, 9.17) is 4.74 Å². The summed E-state index contributed by atoms with van der Waals surface area (Å²) in [5, 5.41) is 3.28. The van der Waals surface area contributed by atoms with Crippen LogP contribution in [0, 0.1) is 5.92 Å². The van der Waals surface area contributed by atoms with E-state index in [1.165, 1.54) is 6.42 Å². The maximum Gasteiger partial charge on any atom is 0.0507 e. The zero-order valence-corrected chi connectivity index (χ0v) is 6.31. The van der Waals surface area contributed by atoms with Crippen LogP contribution in [0.25, 0.3) is 0 Å². The molecule has 1 atom stereocenters. The van der Waals surface area contributed by atoms with Crippen LogP contribution in [-0.4, -0.2) is 26.3 Å². The quantitative estimate of drug-likeness (QED) is 0.462. The van der Waals surface area contributed by atoms with Gasteiger partial charge in [-0.3, -0.25) is 0 Å². The Kier molecular flexibility index (Phi) is 3.47. The molecule has 1 N–H and O–H groups in total. The lowest BCUT2D eigenvalue weighted by Crippen LogP contribution is -2.22. The number of rotatable bonds is 4. The normalized spacial score (nSPS) is 25.0. The average molecular weight is 141 g/mol.